The van der Waals surface area contributed by atoms with Crippen LogP contribution in [0.1, 0.15) is 18.7 Å². The van der Waals surface area contributed by atoms with Gasteiger partial charge in [0.15, 0.2) is 0 Å². The van der Waals surface area contributed by atoms with Crippen molar-refractivity contribution >= 4 is 16.7 Å². The fourth-order valence-electron chi connectivity index (χ4n) is 1.44. The predicted octanol–water partition coefficient (Wildman–Crippen LogP) is 2.08. The van der Waals surface area contributed by atoms with Gasteiger partial charge in [-0.05, 0) is 6.92 Å². The number of alkyl halides is 2. The lowest BCUT2D eigenvalue weighted by molar-refractivity contribution is -0.0220. The van der Waals surface area contributed by atoms with E-state index in [0.29, 0.717) is 18.9 Å². The molecular weight excluding hydrogens is 208 g/mol. The smallest absolute Gasteiger partial charge is 0.251 e. The van der Waals surface area contributed by atoms with Gasteiger partial charge < -0.3 is 4.90 Å². The van der Waals surface area contributed by atoms with E-state index >= 15 is 0 Å². The molecule has 0 aliphatic carbocycles. The highest BCUT2D eigenvalue weighted by atomic mass is 32.1. The Morgan fingerprint density at radius 2 is 2.00 bits per heavy atom. The Kier molecular flexibility index (Phi) is 2.38. The van der Waals surface area contributed by atoms with E-state index in [-0.39, 0.29) is 12.8 Å². The van der Waals surface area contributed by atoms with Crippen molar-refractivity contribution in [3.05, 3.63) is 5.82 Å². The maximum Gasteiger partial charge on any atom is 0.251 e. The number of hydrogen-bond acceptors (Lipinski definition) is 4. The molecule has 0 aromatic carbocycles. The third kappa shape index (κ3) is 2.00. The largest absolute Gasteiger partial charge is 0.346 e. The van der Waals surface area contributed by atoms with Gasteiger partial charge in [-0.2, -0.15) is 4.37 Å². The van der Waals surface area contributed by atoms with Gasteiger partial charge in [-0.15, -0.1) is 0 Å². The standard InChI is InChI=1S/C8H11F2N3S/c1-6-11-7(14-12-6)13-4-2-8(9,10)3-5-13/h2-5H2,1H3. The molecule has 14 heavy (non-hydrogen) atoms. The van der Waals surface area contributed by atoms with Crippen molar-refractivity contribution in [1.29, 1.82) is 0 Å². The van der Waals surface area contributed by atoms with Crippen LogP contribution >= 0.6 is 11.5 Å². The molecular formula is C8H11F2N3S. The summed E-state index contributed by atoms with van der Waals surface area (Å²) < 4.78 is 29.7. The lowest BCUT2D eigenvalue weighted by Gasteiger charge is -2.30. The highest BCUT2D eigenvalue weighted by Crippen LogP contribution is 2.30. The van der Waals surface area contributed by atoms with Crippen LogP contribution in [0, 0.1) is 6.92 Å². The van der Waals surface area contributed by atoms with Crippen molar-refractivity contribution in [3.63, 3.8) is 0 Å². The average molecular weight is 219 g/mol. The zero-order chi connectivity index (χ0) is 10.2. The molecule has 1 saturated heterocycles. The summed E-state index contributed by atoms with van der Waals surface area (Å²) in [5.74, 6) is -1.78. The summed E-state index contributed by atoms with van der Waals surface area (Å²) >= 11 is 1.28. The van der Waals surface area contributed by atoms with Gasteiger partial charge in [-0.1, -0.05) is 0 Å². The highest BCUT2D eigenvalue weighted by molar-refractivity contribution is 7.09. The summed E-state index contributed by atoms with van der Waals surface area (Å²) in [4.78, 5) is 6.05. The van der Waals surface area contributed by atoms with Gasteiger partial charge >= 0.3 is 0 Å². The fourth-order valence-corrected chi connectivity index (χ4v) is 2.17. The highest BCUT2D eigenvalue weighted by Gasteiger charge is 2.34. The normalized spacial score (nSPS) is 21.2. The summed E-state index contributed by atoms with van der Waals surface area (Å²) in [5, 5.41) is 0.762. The molecule has 0 bridgehead atoms. The van der Waals surface area contributed by atoms with Crippen molar-refractivity contribution in [2.75, 3.05) is 18.0 Å². The molecule has 1 aromatic rings. The first-order valence-corrected chi connectivity index (χ1v) is 5.27. The summed E-state index contributed by atoms with van der Waals surface area (Å²) in [5.41, 5.74) is 0. The monoisotopic (exact) mass is 219 g/mol. The molecule has 1 aliphatic heterocycles. The van der Waals surface area contributed by atoms with E-state index in [1.54, 1.807) is 6.92 Å². The first kappa shape index (κ1) is 9.76. The maximum absolute atomic E-state index is 12.8. The van der Waals surface area contributed by atoms with Crippen molar-refractivity contribution in [2.45, 2.75) is 25.7 Å². The number of piperidine rings is 1. The number of hydrogen-bond donors (Lipinski definition) is 0. The predicted molar refractivity (Wildman–Crippen MR) is 51.0 cm³/mol. The van der Waals surface area contributed by atoms with E-state index in [1.807, 2.05) is 4.90 Å². The van der Waals surface area contributed by atoms with Gasteiger partial charge in [-0.3, -0.25) is 0 Å². The molecule has 2 rings (SSSR count). The molecule has 0 N–H and O–H groups in total. The summed E-state index contributed by atoms with van der Waals surface area (Å²) in [7, 11) is 0. The average Bonchev–Trinajstić information content (AvgIpc) is 2.52. The van der Waals surface area contributed by atoms with E-state index in [0.717, 1.165) is 5.13 Å². The number of anilines is 1. The van der Waals surface area contributed by atoms with Crippen LogP contribution in [-0.2, 0) is 0 Å². The molecule has 1 aromatic heterocycles. The van der Waals surface area contributed by atoms with E-state index in [2.05, 4.69) is 9.36 Å². The van der Waals surface area contributed by atoms with Crippen LogP contribution in [0.3, 0.4) is 0 Å². The van der Waals surface area contributed by atoms with Crippen molar-refractivity contribution in [1.82, 2.24) is 9.36 Å². The summed E-state index contributed by atoms with van der Waals surface area (Å²) in [6.07, 6.45) is -0.156. The number of rotatable bonds is 1. The first-order valence-electron chi connectivity index (χ1n) is 4.50. The molecule has 0 unspecified atom stereocenters. The Balaban J connectivity index is 2.02. The molecule has 0 saturated carbocycles. The third-order valence-corrected chi connectivity index (χ3v) is 3.15. The molecule has 1 fully saturated rings. The second-order valence-corrected chi connectivity index (χ2v) is 4.20. The minimum Gasteiger partial charge on any atom is -0.346 e. The number of aryl methyl sites for hydroxylation is 1. The lowest BCUT2D eigenvalue weighted by Crippen LogP contribution is -2.39. The number of nitrogens with zero attached hydrogens (tertiary/aromatic N) is 3. The van der Waals surface area contributed by atoms with Gasteiger partial charge in [-0.25, -0.2) is 13.8 Å². The lowest BCUT2D eigenvalue weighted by atomic mass is 10.1. The zero-order valence-electron chi connectivity index (χ0n) is 7.83. The van der Waals surface area contributed by atoms with Crippen LogP contribution < -0.4 is 4.90 Å². The number of aromatic nitrogens is 2. The molecule has 0 spiro atoms. The van der Waals surface area contributed by atoms with E-state index in [1.165, 1.54) is 11.5 Å². The topological polar surface area (TPSA) is 29.0 Å². The van der Waals surface area contributed by atoms with Crippen LogP contribution in [0.4, 0.5) is 13.9 Å². The second kappa shape index (κ2) is 3.42. The van der Waals surface area contributed by atoms with Crippen LogP contribution in [-0.4, -0.2) is 28.4 Å². The summed E-state index contributed by atoms with van der Waals surface area (Å²) in [6.45, 7) is 2.56. The van der Waals surface area contributed by atoms with Gasteiger partial charge in [0, 0.05) is 37.5 Å². The molecule has 2 heterocycles. The molecule has 0 radical (unpaired) electrons. The van der Waals surface area contributed by atoms with Crippen LogP contribution in [0.2, 0.25) is 0 Å². The molecule has 0 amide bonds. The third-order valence-electron chi connectivity index (χ3n) is 2.28. The SMILES string of the molecule is Cc1nsc(N2CCC(F)(F)CC2)n1. The summed E-state index contributed by atoms with van der Waals surface area (Å²) in [6, 6.07) is 0. The Morgan fingerprint density at radius 1 is 1.36 bits per heavy atom. The number of halogens is 2. The van der Waals surface area contributed by atoms with Gasteiger partial charge in [0.2, 0.25) is 5.13 Å². The first-order chi connectivity index (χ1) is 6.57. The Hall–Kier alpha value is -0.780. The minimum atomic E-state index is -2.49. The van der Waals surface area contributed by atoms with Gasteiger partial charge in [0.25, 0.3) is 5.92 Å². The Morgan fingerprint density at radius 3 is 2.50 bits per heavy atom. The minimum absolute atomic E-state index is 0.0778. The molecule has 3 nitrogen and oxygen atoms in total. The van der Waals surface area contributed by atoms with Crippen molar-refractivity contribution in [2.24, 2.45) is 0 Å². The quantitative estimate of drug-likeness (QED) is 0.724. The fraction of sp³-hybridized carbons (Fsp3) is 0.750. The molecule has 78 valence electrons. The maximum atomic E-state index is 12.8. The Labute approximate surface area is 84.9 Å². The molecule has 1 aliphatic rings. The molecule has 6 heteroatoms. The zero-order valence-corrected chi connectivity index (χ0v) is 8.65. The second-order valence-electron chi connectivity index (χ2n) is 3.47. The van der Waals surface area contributed by atoms with Crippen molar-refractivity contribution < 1.29 is 8.78 Å². The Bertz CT molecular complexity index is 316. The van der Waals surface area contributed by atoms with Gasteiger partial charge in [0.1, 0.15) is 5.82 Å². The molecule has 0 atom stereocenters. The van der Waals surface area contributed by atoms with Crippen LogP contribution in [0.25, 0.3) is 0 Å². The van der Waals surface area contributed by atoms with E-state index < -0.39 is 5.92 Å². The van der Waals surface area contributed by atoms with Gasteiger partial charge in [0.05, 0.1) is 0 Å². The van der Waals surface area contributed by atoms with E-state index in [9.17, 15) is 8.78 Å². The van der Waals surface area contributed by atoms with Crippen LogP contribution in [0.5, 0.6) is 0 Å². The van der Waals surface area contributed by atoms with E-state index in [4.69, 9.17) is 0 Å². The van der Waals surface area contributed by atoms with Crippen molar-refractivity contribution in [3.8, 4) is 0 Å². The van der Waals surface area contributed by atoms with Crippen LogP contribution in [0.15, 0.2) is 0 Å².